The number of sulfone groups is 1. The highest BCUT2D eigenvalue weighted by molar-refractivity contribution is 7.94. The van der Waals surface area contributed by atoms with Crippen molar-refractivity contribution in [2.45, 2.75) is 25.7 Å². The van der Waals surface area contributed by atoms with Crippen molar-refractivity contribution in [1.82, 2.24) is 20.0 Å². The summed E-state index contributed by atoms with van der Waals surface area (Å²) >= 11 is 0. The molecular formula is C18H20N4O3S. The van der Waals surface area contributed by atoms with Crippen LogP contribution in [-0.4, -0.2) is 47.3 Å². The maximum absolute atomic E-state index is 12.4. The fourth-order valence-corrected chi connectivity index (χ4v) is 4.55. The zero-order valence-electron chi connectivity index (χ0n) is 14.2. The first kappa shape index (κ1) is 17.0. The first-order valence-electron chi connectivity index (χ1n) is 8.53. The van der Waals surface area contributed by atoms with E-state index in [2.05, 4.69) is 27.4 Å². The summed E-state index contributed by atoms with van der Waals surface area (Å²) in [4.78, 5) is 14.7. The lowest BCUT2D eigenvalue weighted by Crippen LogP contribution is -2.35. The number of nitrogens with zero attached hydrogens (tertiary/aromatic N) is 3. The third-order valence-corrected chi connectivity index (χ3v) is 6.00. The first-order chi connectivity index (χ1) is 12.5. The van der Waals surface area contributed by atoms with Crippen molar-refractivity contribution in [3.8, 4) is 0 Å². The van der Waals surface area contributed by atoms with E-state index < -0.39 is 15.9 Å². The summed E-state index contributed by atoms with van der Waals surface area (Å²) in [5.41, 5.74) is 2.58. The van der Waals surface area contributed by atoms with Gasteiger partial charge in [-0.2, -0.15) is 5.10 Å². The van der Waals surface area contributed by atoms with Crippen LogP contribution in [0.4, 0.5) is 0 Å². The Hall–Kier alpha value is -2.45. The second kappa shape index (κ2) is 6.69. The number of hydrogen-bond acceptors (Lipinski definition) is 5. The average Bonchev–Trinajstić information content (AvgIpc) is 3.18. The molecule has 0 spiro atoms. The van der Waals surface area contributed by atoms with Crippen LogP contribution in [0.2, 0.25) is 0 Å². The van der Waals surface area contributed by atoms with Crippen molar-refractivity contribution in [3.63, 3.8) is 0 Å². The summed E-state index contributed by atoms with van der Waals surface area (Å²) in [6.07, 6.45) is 1.50. The molecule has 0 aliphatic carbocycles. The van der Waals surface area contributed by atoms with Gasteiger partial charge < -0.3 is 5.32 Å². The highest BCUT2D eigenvalue weighted by Gasteiger charge is 2.26. The Morgan fingerprint density at radius 3 is 2.77 bits per heavy atom. The minimum absolute atomic E-state index is 0.0862. The number of nitrogens with one attached hydrogen (secondary N) is 1. The van der Waals surface area contributed by atoms with Crippen molar-refractivity contribution in [2.24, 2.45) is 0 Å². The minimum atomic E-state index is -3.19. The normalized spacial score (nSPS) is 21.5. The van der Waals surface area contributed by atoms with E-state index in [0.29, 0.717) is 5.69 Å². The monoisotopic (exact) mass is 372 g/mol. The van der Waals surface area contributed by atoms with Crippen LogP contribution in [0.3, 0.4) is 0 Å². The Bertz CT molecular complexity index is 950. The SMILES string of the molecule is O=C(N[C@H]1C=CS(=O)(=O)C1)c1cc2n(n1)CCN(Cc1ccccc1)C2. The quantitative estimate of drug-likeness (QED) is 0.863. The predicted molar refractivity (Wildman–Crippen MR) is 97.0 cm³/mol. The Morgan fingerprint density at radius 1 is 1.23 bits per heavy atom. The van der Waals surface area contributed by atoms with Crippen molar-refractivity contribution < 1.29 is 13.2 Å². The maximum Gasteiger partial charge on any atom is 0.272 e. The van der Waals surface area contributed by atoms with E-state index in [1.54, 1.807) is 6.07 Å². The van der Waals surface area contributed by atoms with Gasteiger partial charge in [-0.3, -0.25) is 14.4 Å². The summed E-state index contributed by atoms with van der Waals surface area (Å²) in [5, 5.41) is 8.24. The van der Waals surface area contributed by atoms with Crippen molar-refractivity contribution in [1.29, 1.82) is 0 Å². The molecule has 7 nitrogen and oxygen atoms in total. The molecule has 3 heterocycles. The second-order valence-electron chi connectivity index (χ2n) is 6.68. The molecule has 0 unspecified atom stereocenters. The molecule has 0 saturated carbocycles. The molecule has 1 atom stereocenters. The smallest absolute Gasteiger partial charge is 0.272 e. The molecule has 136 valence electrons. The Labute approximate surface area is 152 Å². The topological polar surface area (TPSA) is 84.3 Å². The van der Waals surface area contributed by atoms with E-state index in [-0.39, 0.29) is 11.7 Å². The third kappa shape index (κ3) is 3.71. The largest absolute Gasteiger partial charge is 0.343 e. The number of fused-ring (bicyclic) bond motifs is 1. The van der Waals surface area contributed by atoms with Crippen LogP contribution in [0.5, 0.6) is 0 Å². The lowest BCUT2D eigenvalue weighted by Gasteiger charge is -2.27. The van der Waals surface area contributed by atoms with Crippen molar-refractivity contribution in [2.75, 3.05) is 12.3 Å². The van der Waals surface area contributed by atoms with Gasteiger partial charge >= 0.3 is 0 Å². The van der Waals surface area contributed by atoms with E-state index >= 15 is 0 Å². The predicted octanol–water partition coefficient (Wildman–Crippen LogP) is 0.939. The van der Waals surface area contributed by atoms with Gasteiger partial charge in [-0.15, -0.1) is 0 Å². The van der Waals surface area contributed by atoms with Crippen LogP contribution in [-0.2, 0) is 29.5 Å². The van der Waals surface area contributed by atoms with Crippen LogP contribution < -0.4 is 5.32 Å². The van der Waals surface area contributed by atoms with Crippen LogP contribution in [0.15, 0.2) is 47.9 Å². The number of amides is 1. The minimum Gasteiger partial charge on any atom is -0.343 e. The van der Waals surface area contributed by atoms with Crippen LogP contribution in [0, 0.1) is 0 Å². The standard InChI is InChI=1S/C18H20N4O3S/c23-18(19-15-6-9-26(24,25)13-15)17-10-16-12-21(7-8-22(16)20-17)11-14-4-2-1-3-5-14/h1-6,9-10,15H,7-8,11-13H2,(H,19,23)/t15-/m0/s1. The molecule has 2 aromatic rings. The van der Waals surface area contributed by atoms with Gasteiger partial charge in [-0.1, -0.05) is 30.3 Å². The zero-order chi connectivity index (χ0) is 18.1. The van der Waals surface area contributed by atoms with Gasteiger partial charge in [0.1, 0.15) is 0 Å². The molecule has 1 aromatic heterocycles. The van der Waals surface area contributed by atoms with Gasteiger partial charge in [0.15, 0.2) is 15.5 Å². The van der Waals surface area contributed by atoms with Gasteiger partial charge in [0.05, 0.1) is 24.0 Å². The summed E-state index contributed by atoms with van der Waals surface area (Å²) in [6.45, 7) is 3.19. The summed E-state index contributed by atoms with van der Waals surface area (Å²) < 4.78 is 24.7. The van der Waals surface area contributed by atoms with E-state index in [1.165, 1.54) is 11.6 Å². The number of benzene rings is 1. The molecule has 2 aliphatic heterocycles. The molecule has 0 saturated heterocycles. The molecule has 26 heavy (non-hydrogen) atoms. The second-order valence-corrected chi connectivity index (χ2v) is 8.61. The fraction of sp³-hybridized carbons (Fsp3) is 0.333. The van der Waals surface area contributed by atoms with Gasteiger partial charge in [0.25, 0.3) is 5.91 Å². The highest BCUT2D eigenvalue weighted by atomic mass is 32.2. The summed E-state index contributed by atoms with van der Waals surface area (Å²) in [5.74, 6) is -0.426. The number of hydrogen-bond donors (Lipinski definition) is 1. The van der Waals surface area contributed by atoms with E-state index in [9.17, 15) is 13.2 Å². The highest BCUT2D eigenvalue weighted by Crippen LogP contribution is 2.17. The molecule has 4 rings (SSSR count). The third-order valence-electron chi connectivity index (χ3n) is 4.61. The Balaban J connectivity index is 1.41. The maximum atomic E-state index is 12.4. The van der Waals surface area contributed by atoms with Gasteiger partial charge in [0.2, 0.25) is 0 Å². The van der Waals surface area contributed by atoms with E-state index in [4.69, 9.17) is 0 Å². The number of carbonyl (C=O) groups is 1. The van der Waals surface area contributed by atoms with Gasteiger partial charge in [0, 0.05) is 25.0 Å². The van der Waals surface area contributed by atoms with Gasteiger partial charge in [-0.25, -0.2) is 8.42 Å². The first-order valence-corrected chi connectivity index (χ1v) is 10.2. The molecule has 1 N–H and O–H groups in total. The van der Waals surface area contributed by atoms with Gasteiger partial charge in [-0.05, 0) is 17.7 Å². The van der Waals surface area contributed by atoms with Crippen LogP contribution in [0.1, 0.15) is 21.7 Å². The van der Waals surface area contributed by atoms with Crippen LogP contribution >= 0.6 is 0 Å². The molecular weight excluding hydrogens is 352 g/mol. The number of aromatic nitrogens is 2. The zero-order valence-corrected chi connectivity index (χ0v) is 15.0. The van der Waals surface area contributed by atoms with E-state index in [1.807, 2.05) is 22.9 Å². The summed E-state index contributed by atoms with van der Waals surface area (Å²) in [7, 11) is -3.19. The average molecular weight is 372 g/mol. The van der Waals surface area contributed by atoms with Crippen molar-refractivity contribution >= 4 is 15.7 Å². The Morgan fingerprint density at radius 2 is 2.04 bits per heavy atom. The molecule has 8 heteroatoms. The molecule has 0 radical (unpaired) electrons. The number of carbonyl (C=O) groups excluding carboxylic acids is 1. The van der Waals surface area contributed by atoms with Crippen LogP contribution in [0.25, 0.3) is 0 Å². The lowest BCUT2D eigenvalue weighted by atomic mass is 10.2. The summed E-state index contributed by atoms with van der Waals surface area (Å²) in [6, 6.07) is 11.6. The molecule has 1 aromatic carbocycles. The Kier molecular flexibility index (Phi) is 4.37. The molecule has 0 bridgehead atoms. The molecule has 0 fully saturated rings. The van der Waals surface area contributed by atoms with E-state index in [0.717, 1.165) is 37.3 Å². The lowest BCUT2D eigenvalue weighted by molar-refractivity contribution is 0.0941. The van der Waals surface area contributed by atoms with Crippen molar-refractivity contribution in [3.05, 3.63) is 64.8 Å². The molecule has 2 aliphatic rings. The molecule has 1 amide bonds. The fourth-order valence-electron chi connectivity index (χ4n) is 3.32. The number of rotatable bonds is 4.